The van der Waals surface area contributed by atoms with E-state index in [2.05, 4.69) is 4.72 Å². The molecule has 1 rings (SSSR count). The van der Waals surface area contributed by atoms with Gasteiger partial charge in [-0.05, 0) is 12.8 Å². The number of hydrogen-bond acceptors (Lipinski definition) is 3. The lowest BCUT2D eigenvalue weighted by atomic mass is 9.94. The summed E-state index contributed by atoms with van der Waals surface area (Å²) in [6.07, 6.45) is 3.54. The molecule has 0 aromatic rings. The van der Waals surface area contributed by atoms with Crippen LogP contribution in [0.1, 0.15) is 39.5 Å². The van der Waals surface area contributed by atoms with Crippen LogP contribution >= 0.6 is 12.2 Å². The van der Waals surface area contributed by atoms with Crippen LogP contribution < -0.4 is 10.5 Å². The summed E-state index contributed by atoms with van der Waals surface area (Å²) in [5.74, 6) is 0. The molecule has 3 N–H and O–H groups in total. The van der Waals surface area contributed by atoms with Crippen molar-refractivity contribution in [3.8, 4) is 0 Å². The molecule has 0 radical (unpaired) electrons. The van der Waals surface area contributed by atoms with Gasteiger partial charge in [0.2, 0.25) is 10.0 Å². The largest absolute Gasteiger partial charge is 0.393 e. The van der Waals surface area contributed by atoms with E-state index in [0.717, 1.165) is 25.7 Å². The van der Waals surface area contributed by atoms with Gasteiger partial charge in [0.05, 0.1) is 10.2 Å². The van der Waals surface area contributed by atoms with Gasteiger partial charge in [0, 0.05) is 12.0 Å². The van der Waals surface area contributed by atoms with E-state index in [1.54, 1.807) is 0 Å². The molecule has 4 nitrogen and oxygen atoms in total. The molecule has 6 heteroatoms. The minimum Gasteiger partial charge on any atom is -0.393 e. The van der Waals surface area contributed by atoms with E-state index in [1.807, 2.05) is 13.8 Å². The van der Waals surface area contributed by atoms with Gasteiger partial charge in [-0.25, -0.2) is 13.1 Å². The molecule has 1 aliphatic carbocycles. The normalized spacial score (nSPS) is 18.9. The lowest BCUT2D eigenvalue weighted by molar-refractivity contribution is 0.496. The quantitative estimate of drug-likeness (QED) is 0.731. The predicted molar refractivity (Wildman–Crippen MR) is 69.7 cm³/mol. The summed E-state index contributed by atoms with van der Waals surface area (Å²) in [5, 5.41) is -0.227. The van der Waals surface area contributed by atoms with Gasteiger partial charge in [0.1, 0.15) is 0 Å². The first kappa shape index (κ1) is 13.9. The van der Waals surface area contributed by atoms with Crippen molar-refractivity contribution < 1.29 is 8.42 Å². The van der Waals surface area contributed by atoms with Gasteiger partial charge in [-0.1, -0.05) is 38.9 Å². The zero-order valence-corrected chi connectivity index (χ0v) is 11.5. The van der Waals surface area contributed by atoms with Crippen molar-refractivity contribution in [2.45, 2.75) is 44.8 Å². The molecule has 0 spiro atoms. The Balaban J connectivity index is 2.57. The van der Waals surface area contributed by atoms with E-state index < -0.39 is 15.4 Å². The standard InChI is InChI=1S/C10H20N2O2S2/c1-10(2,9(11)15)7-12-16(13,14)8-5-3-4-6-8/h8,12H,3-7H2,1-2H3,(H2,11,15). The van der Waals surface area contributed by atoms with Crippen molar-refractivity contribution >= 4 is 27.2 Å². The van der Waals surface area contributed by atoms with E-state index >= 15 is 0 Å². The van der Waals surface area contributed by atoms with Crippen molar-refractivity contribution in [3.05, 3.63) is 0 Å². The maximum atomic E-state index is 11.9. The Bertz CT molecular complexity index is 357. The van der Waals surface area contributed by atoms with Crippen molar-refractivity contribution in [2.75, 3.05) is 6.54 Å². The zero-order valence-electron chi connectivity index (χ0n) is 9.82. The van der Waals surface area contributed by atoms with Gasteiger partial charge >= 0.3 is 0 Å². The Morgan fingerprint density at radius 3 is 2.38 bits per heavy atom. The van der Waals surface area contributed by atoms with Gasteiger partial charge in [0.25, 0.3) is 0 Å². The van der Waals surface area contributed by atoms with Crippen molar-refractivity contribution in [1.82, 2.24) is 4.72 Å². The van der Waals surface area contributed by atoms with Crippen LogP contribution in [0.25, 0.3) is 0 Å². The second kappa shape index (κ2) is 4.98. The molecule has 0 unspecified atom stereocenters. The van der Waals surface area contributed by atoms with Crippen LogP contribution in [0.3, 0.4) is 0 Å². The molecule has 0 amide bonds. The molecule has 0 heterocycles. The third-order valence-electron chi connectivity index (χ3n) is 3.12. The molecule has 0 bridgehead atoms. The van der Waals surface area contributed by atoms with Gasteiger partial charge in [0.15, 0.2) is 0 Å². The van der Waals surface area contributed by atoms with E-state index in [1.165, 1.54) is 0 Å². The molecule has 0 aromatic heterocycles. The predicted octanol–water partition coefficient (Wildman–Crippen LogP) is 1.16. The smallest absolute Gasteiger partial charge is 0.214 e. The van der Waals surface area contributed by atoms with Crippen LogP contribution in [0, 0.1) is 5.41 Å². The van der Waals surface area contributed by atoms with Gasteiger partial charge in [-0.2, -0.15) is 0 Å². The number of sulfonamides is 1. The average Bonchev–Trinajstić information content (AvgIpc) is 2.68. The summed E-state index contributed by atoms with van der Waals surface area (Å²) < 4.78 is 26.4. The Kier molecular flexibility index (Phi) is 4.31. The molecule has 0 aromatic carbocycles. The van der Waals surface area contributed by atoms with E-state index in [9.17, 15) is 8.42 Å². The van der Waals surface area contributed by atoms with Crippen molar-refractivity contribution in [2.24, 2.45) is 11.1 Å². The second-order valence-corrected chi connectivity index (χ2v) is 7.51. The van der Waals surface area contributed by atoms with Crippen LogP contribution in [0.5, 0.6) is 0 Å². The average molecular weight is 264 g/mol. The van der Waals surface area contributed by atoms with Crippen LogP contribution in [0.15, 0.2) is 0 Å². The minimum atomic E-state index is -3.19. The Hall–Kier alpha value is -0.200. The first-order valence-corrected chi connectivity index (χ1v) is 7.49. The van der Waals surface area contributed by atoms with E-state index in [-0.39, 0.29) is 11.8 Å². The Morgan fingerprint density at radius 1 is 1.44 bits per heavy atom. The molecule has 1 fully saturated rings. The fraction of sp³-hybridized carbons (Fsp3) is 0.900. The Labute approximate surface area is 103 Å². The summed E-state index contributed by atoms with van der Waals surface area (Å²) >= 11 is 4.90. The maximum absolute atomic E-state index is 11.9. The van der Waals surface area contributed by atoms with Gasteiger partial charge in [-0.15, -0.1) is 0 Å². The fourth-order valence-electron chi connectivity index (χ4n) is 1.68. The fourth-order valence-corrected chi connectivity index (χ4v) is 3.51. The number of hydrogen-bond donors (Lipinski definition) is 2. The molecule has 1 aliphatic rings. The van der Waals surface area contributed by atoms with Crippen LogP contribution in [-0.2, 0) is 10.0 Å². The highest BCUT2D eigenvalue weighted by Gasteiger charge is 2.31. The number of nitrogens with two attached hydrogens (primary N) is 1. The number of nitrogens with one attached hydrogen (secondary N) is 1. The van der Waals surface area contributed by atoms with Gasteiger partial charge in [-0.3, -0.25) is 0 Å². The first-order chi connectivity index (χ1) is 7.26. The summed E-state index contributed by atoms with van der Waals surface area (Å²) in [7, 11) is -3.19. The lowest BCUT2D eigenvalue weighted by Crippen LogP contribution is -2.43. The molecule has 0 atom stereocenters. The summed E-state index contributed by atoms with van der Waals surface area (Å²) in [5.41, 5.74) is 5.08. The molecular formula is C10H20N2O2S2. The minimum absolute atomic E-state index is 0.227. The first-order valence-electron chi connectivity index (χ1n) is 5.54. The number of rotatable bonds is 5. The lowest BCUT2D eigenvalue weighted by Gasteiger charge is -2.24. The molecular weight excluding hydrogens is 244 g/mol. The second-order valence-electron chi connectivity index (χ2n) is 5.02. The summed E-state index contributed by atoms with van der Waals surface area (Å²) in [6.45, 7) is 3.96. The topological polar surface area (TPSA) is 72.2 Å². The van der Waals surface area contributed by atoms with Crippen LogP contribution in [0.4, 0.5) is 0 Å². The SMILES string of the molecule is CC(C)(CNS(=O)(=O)C1CCCC1)C(N)=S. The highest BCUT2D eigenvalue weighted by atomic mass is 32.2. The third kappa shape index (κ3) is 3.40. The monoisotopic (exact) mass is 264 g/mol. The van der Waals surface area contributed by atoms with E-state index in [4.69, 9.17) is 18.0 Å². The van der Waals surface area contributed by atoms with Crippen LogP contribution in [0.2, 0.25) is 0 Å². The summed E-state index contributed by atoms with van der Waals surface area (Å²) in [6, 6.07) is 0. The summed E-state index contributed by atoms with van der Waals surface area (Å²) in [4.78, 5) is 0.335. The van der Waals surface area contributed by atoms with Crippen molar-refractivity contribution in [1.29, 1.82) is 0 Å². The highest BCUT2D eigenvalue weighted by Crippen LogP contribution is 2.24. The maximum Gasteiger partial charge on any atom is 0.214 e. The highest BCUT2D eigenvalue weighted by molar-refractivity contribution is 7.90. The number of thiocarbonyl (C=S) groups is 1. The van der Waals surface area contributed by atoms with Gasteiger partial charge < -0.3 is 5.73 Å². The van der Waals surface area contributed by atoms with Crippen molar-refractivity contribution in [3.63, 3.8) is 0 Å². The molecule has 94 valence electrons. The zero-order chi connectivity index (χ0) is 12.4. The molecule has 0 saturated heterocycles. The van der Waals surface area contributed by atoms with Crippen LogP contribution in [-0.4, -0.2) is 25.2 Å². The molecule has 16 heavy (non-hydrogen) atoms. The molecule has 1 saturated carbocycles. The molecule has 0 aliphatic heterocycles. The Morgan fingerprint density at radius 2 is 1.94 bits per heavy atom. The van der Waals surface area contributed by atoms with E-state index in [0.29, 0.717) is 4.99 Å². The third-order valence-corrected chi connectivity index (χ3v) is 5.57.